The van der Waals surface area contributed by atoms with E-state index in [1.807, 2.05) is 6.92 Å². The third kappa shape index (κ3) is 5.00. The molecule has 7 nitrogen and oxygen atoms in total. The highest BCUT2D eigenvalue weighted by molar-refractivity contribution is 6.05. The van der Waals surface area contributed by atoms with Gasteiger partial charge < -0.3 is 15.2 Å². The molecule has 0 aliphatic carbocycles. The fourth-order valence-corrected chi connectivity index (χ4v) is 3.66. The predicted octanol–water partition coefficient (Wildman–Crippen LogP) is 2.93. The number of nitrogens with one attached hydrogen (secondary N) is 2. The third-order valence-electron chi connectivity index (χ3n) is 5.37. The third-order valence-corrected chi connectivity index (χ3v) is 5.37. The first-order valence-corrected chi connectivity index (χ1v) is 10.3. The van der Waals surface area contributed by atoms with Crippen molar-refractivity contribution < 1.29 is 13.6 Å². The van der Waals surface area contributed by atoms with Gasteiger partial charge >= 0.3 is 0 Å². The summed E-state index contributed by atoms with van der Waals surface area (Å²) in [6.07, 6.45) is 0.906. The summed E-state index contributed by atoms with van der Waals surface area (Å²) in [4.78, 5) is 35.7. The Kier molecular flexibility index (Phi) is 6.27. The minimum Gasteiger partial charge on any atom is -0.352 e. The van der Waals surface area contributed by atoms with Crippen LogP contribution in [0.25, 0.3) is 0 Å². The van der Waals surface area contributed by atoms with Crippen molar-refractivity contribution in [3.63, 3.8) is 0 Å². The van der Waals surface area contributed by atoms with Crippen molar-refractivity contribution >= 4 is 17.4 Å². The maximum atomic E-state index is 13.5. The molecular formula is C23H23F2N5O2. The van der Waals surface area contributed by atoms with Crippen LogP contribution in [0.1, 0.15) is 21.6 Å². The highest BCUT2D eigenvalue weighted by Gasteiger charge is 2.22. The Morgan fingerprint density at radius 2 is 1.78 bits per heavy atom. The second-order valence-corrected chi connectivity index (χ2v) is 7.73. The molecule has 1 aliphatic rings. The number of hydrogen-bond donors (Lipinski definition) is 2. The summed E-state index contributed by atoms with van der Waals surface area (Å²) in [6.45, 7) is 5.48. The standard InChI is InChI=1S/C23H23F2N5O2/c1-15-2-7-20(28-23(32)19-12-18(25)13-26-22(19)31)21(27-15)30-10-8-29(9-11-30)14-16-3-5-17(24)6-4-16/h2-7,12-13H,8-11,14H2,1H3,(H,26,31)(H,28,32). The van der Waals surface area contributed by atoms with Crippen LogP contribution >= 0.6 is 0 Å². The van der Waals surface area contributed by atoms with Gasteiger partial charge in [-0.25, -0.2) is 13.8 Å². The number of amides is 1. The average molecular weight is 439 g/mol. The van der Waals surface area contributed by atoms with E-state index in [1.165, 1.54) is 12.1 Å². The van der Waals surface area contributed by atoms with E-state index in [-0.39, 0.29) is 11.4 Å². The van der Waals surface area contributed by atoms with E-state index < -0.39 is 17.3 Å². The number of piperazine rings is 1. The molecule has 9 heteroatoms. The first kappa shape index (κ1) is 21.6. The number of carbonyl (C=O) groups excluding carboxylic acids is 1. The van der Waals surface area contributed by atoms with E-state index in [9.17, 15) is 18.4 Å². The van der Waals surface area contributed by atoms with E-state index >= 15 is 0 Å². The Balaban J connectivity index is 1.47. The molecule has 4 rings (SSSR count). The number of aromatic amines is 1. The lowest BCUT2D eigenvalue weighted by Gasteiger charge is -2.36. The summed E-state index contributed by atoms with van der Waals surface area (Å²) in [6, 6.07) is 10.9. The van der Waals surface area contributed by atoms with E-state index in [4.69, 9.17) is 0 Å². The van der Waals surface area contributed by atoms with E-state index in [0.717, 1.165) is 43.2 Å². The second-order valence-electron chi connectivity index (χ2n) is 7.73. The minimum atomic E-state index is -0.701. The van der Waals surface area contributed by atoms with Gasteiger partial charge in [-0.2, -0.15) is 0 Å². The zero-order valence-corrected chi connectivity index (χ0v) is 17.6. The first-order chi connectivity index (χ1) is 15.4. The number of rotatable bonds is 5. The lowest BCUT2D eigenvalue weighted by Crippen LogP contribution is -2.46. The number of H-pyrrole nitrogens is 1. The Morgan fingerprint density at radius 1 is 1.06 bits per heavy atom. The molecule has 0 spiro atoms. The zero-order chi connectivity index (χ0) is 22.7. The van der Waals surface area contributed by atoms with Gasteiger partial charge in [0.2, 0.25) is 0 Å². The highest BCUT2D eigenvalue weighted by atomic mass is 19.1. The summed E-state index contributed by atoms with van der Waals surface area (Å²) in [5.74, 6) is -1.05. The molecule has 32 heavy (non-hydrogen) atoms. The number of hydrogen-bond acceptors (Lipinski definition) is 5. The zero-order valence-electron chi connectivity index (χ0n) is 17.6. The van der Waals surface area contributed by atoms with Crippen LogP contribution in [0.3, 0.4) is 0 Å². The predicted molar refractivity (Wildman–Crippen MR) is 118 cm³/mol. The van der Waals surface area contributed by atoms with Gasteiger partial charge in [0.25, 0.3) is 11.5 Å². The molecule has 166 valence electrons. The maximum Gasteiger partial charge on any atom is 0.261 e. The second kappa shape index (κ2) is 9.27. The maximum absolute atomic E-state index is 13.5. The van der Waals surface area contributed by atoms with Crippen molar-refractivity contribution in [1.29, 1.82) is 0 Å². The van der Waals surface area contributed by atoms with E-state index in [2.05, 4.69) is 25.1 Å². The van der Waals surface area contributed by atoms with Crippen LogP contribution in [-0.4, -0.2) is 47.0 Å². The smallest absolute Gasteiger partial charge is 0.261 e. The molecular weight excluding hydrogens is 416 g/mol. The van der Waals surface area contributed by atoms with Crippen LogP contribution in [-0.2, 0) is 6.54 Å². The number of nitrogens with zero attached hydrogens (tertiary/aromatic N) is 3. The van der Waals surface area contributed by atoms with Crippen molar-refractivity contribution in [3.8, 4) is 0 Å². The molecule has 2 N–H and O–H groups in total. The Labute approximate surface area is 183 Å². The molecule has 1 amide bonds. The van der Waals surface area contributed by atoms with E-state index in [0.29, 0.717) is 24.6 Å². The summed E-state index contributed by atoms with van der Waals surface area (Å²) >= 11 is 0. The first-order valence-electron chi connectivity index (χ1n) is 10.3. The number of anilines is 2. The van der Waals surface area contributed by atoms with Crippen molar-refractivity contribution in [3.05, 3.63) is 87.5 Å². The number of benzene rings is 1. The monoisotopic (exact) mass is 439 g/mol. The molecule has 0 bridgehead atoms. The Bertz CT molecular complexity index is 1170. The molecule has 0 unspecified atom stereocenters. The van der Waals surface area contributed by atoms with E-state index in [1.54, 1.807) is 24.3 Å². The lowest BCUT2D eigenvalue weighted by atomic mass is 10.2. The average Bonchev–Trinajstić information content (AvgIpc) is 2.78. The molecule has 1 aromatic carbocycles. The van der Waals surface area contributed by atoms with Crippen molar-refractivity contribution in [2.75, 3.05) is 36.4 Å². The summed E-state index contributed by atoms with van der Waals surface area (Å²) in [5.41, 5.74) is 1.31. The SMILES string of the molecule is Cc1ccc(NC(=O)c2cc(F)c[nH]c2=O)c(N2CCN(Cc3ccc(F)cc3)CC2)n1. The number of carbonyl (C=O) groups is 1. The molecule has 3 aromatic rings. The van der Waals surface area contributed by atoms with Gasteiger partial charge in [-0.3, -0.25) is 14.5 Å². The van der Waals surface area contributed by atoms with Crippen LogP contribution in [0.4, 0.5) is 20.3 Å². The van der Waals surface area contributed by atoms with Crippen LogP contribution in [0.2, 0.25) is 0 Å². The van der Waals surface area contributed by atoms with Gasteiger partial charge in [-0.1, -0.05) is 12.1 Å². The lowest BCUT2D eigenvalue weighted by molar-refractivity contribution is 0.102. The minimum absolute atomic E-state index is 0.251. The van der Waals surface area contributed by atoms with Gasteiger partial charge in [-0.05, 0) is 42.8 Å². The Morgan fingerprint density at radius 3 is 2.50 bits per heavy atom. The van der Waals surface area contributed by atoms with Crippen LogP contribution in [0.15, 0.2) is 53.5 Å². The summed E-state index contributed by atoms with van der Waals surface area (Å²) in [7, 11) is 0. The van der Waals surface area contributed by atoms with Crippen LogP contribution in [0.5, 0.6) is 0 Å². The normalized spacial score (nSPS) is 14.4. The summed E-state index contributed by atoms with van der Waals surface area (Å²) < 4.78 is 26.6. The largest absolute Gasteiger partial charge is 0.352 e. The quantitative estimate of drug-likeness (QED) is 0.639. The molecule has 0 radical (unpaired) electrons. The van der Waals surface area contributed by atoms with Crippen molar-refractivity contribution in [1.82, 2.24) is 14.9 Å². The highest BCUT2D eigenvalue weighted by Crippen LogP contribution is 2.26. The van der Waals surface area contributed by atoms with Crippen molar-refractivity contribution in [2.24, 2.45) is 0 Å². The summed E-state index contributed by atoms with van der Waals surface area (Å²) in [5, 5.41) is 2.70. The topological polar surface area (TPSA) is 81.3 Å². The molecule has 2 aromatic heterocycles. The van der Waals surface area contributed by atoms with Crippen LogP contribution in [0, 0.1) is 18.6 Å². The number of halogens is 2. The van der Waals surface area contributed by atoms with Gasteiger partial charge in [-0.15, -0.1) is 0 Å². The number of aromatic nitrogens is 2. The molecule has 1 fully saturated rings. The molecule has 0 saturated carbocycles. The van der Waals surface area contributed by atoms with Gasteiger partial charge in [0.15, 0.2) is 5.82 Å². The molecule has 1 saturated heterocycles. The number of pyridine rings is 2. The fraction of sp³-hybridized carbons (Fsp3) is 0.261. The Hall–Kier alpha value is -3.59. The van der Waals surface area contributed by atoms with Gasteiger partial charge in [0.05, 0.1) is 5.69 Å². The molecule has 0 atom stereocenters. The van der Waals surface area contributed by atoms with Crippen LogP contribution < -0.4 is 15.8 Å². The molecule has 1 aliphatic heterocycles. The van der Waals surface area contributed by atoms with Crippen molar-refractivity contribution in [2.45, 2.75) is 13.5 Å². The fourth-order valence-electron chi connectivity index (χ4n) is 3.66. The van der Waals surface area contributed by atoms with Gasteiger partial charge in [0.1, 0.15) is 17.2 Å². The molecule has 3 heterocycles. The number of aryl methyl sites for hydroxylation is 1. The van der Waals surface area contributed by atoms with Gasteiger partial charge in [0, 0.05) is 44.6 Å².